The van der Waals surface area contributed by atoms with E-state index in [2.05, 4.69) is 4.99 Å². The molecule has 0 aromatic rings. The lowest BCUT2D eigenvalue weighted by atomic mass is 10.1. The van der Waals surface area contributed by atoms with E-state index >= 15 is 0 Å². The van der Waals surface area contributed by atoms with E-state index in [1.54, 1.807) is 13.8 Å². The van der Waals surface area contributed by atoms with Crippen LogP contribution in [0.3, 0.4) is 0 Å². The van der Waals surface area contributed by atoms with Crippen LogP contribution in [-0.2, 0) is 4.74 Å². The molecule has 0 aliphatic carbocycles. The monoisotopic (exact) mass is 275 g/mol. The second-order valence-electron chi connectivity index (χ2n) is 3.54. The predicted octanol–water partition coefficient (Wildman–Crippen LogP) is 3.48. The molecule has 1 aliphatic heterocycles. The molecule has 2 nitrogen and oxygen atoms in total. The highest BCUT2D eigenvalue weighted by molar-refractivity contribution is 6.38. The zero-order valence-corrected chi connectivity index (χ0v) is 10.1. The van der Waals surface area contributed by atoms with Gasteiger partial charge in [0.2, 0.25) is 10.8 Å². The molecule has 0 spiro atoms. The third-order valence-corrected chi connectivity index (χ3v) is 2.54. The van der Waals surface area contributed by atoms with Crippen LogP contribution in [0.5, 0.6) is 0 Å². The molecule has 0 saturated carbocycles. The molecule has 0 fully saturated rings. The van der Waals surface area contributed by atoms with Gasteiger partial charge in [0.25, 0.3) is 0 Å². The molecular formula is C9H10Cl2F3NO. The molecule has 0 N–H and O–H groups in total. The smallest absolute Gasteiger partial charge is 0.420 e. The van der Waals surface area contributed by atoms with Crippen LogP contribution < -0.4 is 0 Å². The number of hydrogen-bond acceptors (Lipinski definition) is 2. The molecule has 0 saturated heterocycles. The second kappa shape index (κ2) is 4.45. The van der Waals surface area contributed by atoms with Gasteiger partial charge in [-0.25, -0.2) is 4.99 Å². The molecule has 0 aromatic carbocycles. The summed E-state index contributed by atoms with van der Waals surface area (Å²) in [4.78, 5) is 0.844. The zero-order chi connectivity index (χ0) is 12.6. The summed E-state index contributed by atoms with van der Waals surface area (Å²) in [5, 5.41) is 0. The largest absolute Gasteiger partial charge is 0.476 e. The van der Waals surface area contributed by atoms with Crippen molar-refractivity contribution in [1.29, 1.82) is 0 Å². The minimum absolute atomic E-state index is 0.463. The predicted molar refractivity (Wildman–Crippen MR) is 57.1 cm³/mol. The minimum atomic E-state index is -4.68. The first-order chi connectivity index (χ1) is 7.17. The van der Waals surface area contributed by atoms with Crippen LogP contribution in [0.15, 0.2) is 17.1 Å². The van der Waals surface area contributed by atoms with Crippen LogP contribution in [0.1, 0.15) is 13.8 Å². The summed E-state index contributed by atoms with van der Waals surface area (Å²) >= 11 is 11.1. The topological polar surface area (TPSA) is 21.6 Å². The standard InChI is InChI=1S/C9H10Cl2F3NO/c1-5(2)16-7-8(11,9(12,13)14)4-3-6(10)15-7/h3-6H,1-2H3. The van der Waals surface area contributed by atoms with Gasteiger partial charge in [0.1, 0.15) is 5.50 Å². The number of dihydropyridines is 1. The van der Waals surface area contributed by atoms with E-state index in [-0.39, 0.29) is 0 Å². The Morgan fingerprint density at radius 1 is 1.50 bits per heavy atom. The first kappa shape index (κ1) is 13.6. The Kier molecular flexibility index (Phi) is 3.80. The molecule has 0 aromatic heterocycles. The lowest BCUT2D eigenvalue weighted by Crippen LogP contribution is -2.49. The molecule has 16 heavy (non-hydrogen) atoms. The van der Waals surface area contributed by atoms with E-state index in [0.29, 0.717) is 0 Å². The Morgan fingerprint density at radius 3 is 2.50 bits per heavy atom. The summed E-state index contributed by atoms with van der Waals surface area (Å²) in [5.74, 6) is -0.612. The van der Waals surface area contributed by atoms with Gasteiger partial charge in [-0.15, -0.1) is 0 Å². The highest BCUT2D eigenvalue weighted by Gasteiger charge is 2.58. The molecule has 1 rings (SSSR count). The molecule has 2 atom stereocenters. The van der Waals surface area contributed by atoms with E-state index < -0.39 is 28.6 Å². The maximum Gasteiger partial charge on any atom is 0.420 e. The first-order valence-corrected chi connectivity index (χ1v) is 5.32. The third kappa shape index (κ3) is 2.63. The molecule has 0 radical (unpaired) electrons. The summed E-state index contributed by atoms with van der Waals surface area (Å²) in [6, 6.07) is 0. The molecular weight excluding hydrogens is 266 g/mol. The van der Waals surface area contributed by atoms with Crippen molar-refractivity contribution in [2.75, 3.05) is 0 Å². The number of hydrogen-bond donors (Lipinski definition) is 0. The summed E-state index contributed by atoms with van der Waals surface area (Å²) in [6.45, 7) is 3.16. The molecule has 0 amide bonds. The van der Waals surface area contributed by atoms with Crippen molar-refractivity contribution in [1.82, 2.24) is 0 Å². The average molecular weight is 276 g/mol. The van der Waals surface area contributed by atoms with E-state index in [4.69, 9.17) is 27.9 Å². The van der Waals surface area contributed by atoms with Crippen molar-refractivity contribution in [3.05, 3.63) is 12.2 Å². The lowest BCUT2D eigenvalue weighted by molar-refractivity contribution is -0.139. The van der Waals surface area contributed by atoms with Gasteiger partial charge < -0.3 is 4.74 Å². The van der Waals surface area contributed by atoms with Crippen molar-refractivity contribution in [3.63, 3.8) is 0 Å². The minimum Gasteiger partial charge on any atom is -0.476 e. The van der Waals surface area contributed by atoms with Gasteiger partial charge in [0.15, 0.2) is 0 Å². The van der Waals surface area contributed by atoms with Crippen LogP contribution in [0.2, 0.25) is 0 Å². The molecule has 7 heteroatoms. The maximum atomic E-state index is 12.8. The van der Waals surface area contributed by atoms with E-state index in [9.17, 15) is 13.2 Å². The van der Waals surface area contributed by atoms with Gasteiger partial charge in [-0.05, 0) is 26.0 Å². The van der Waals surface area contributed by atoms with E-state index in [1.807, 2.05) is 0 Å². The van der Waals surface area contributed by atoms with Crippen LogP contribution in [0, 0.1) is 0 Å². The summed E-state index contributed by atoms with van der Waals surface area (Å²) < 4.78 is 43.3. The normalized spacial score (nSPS) is 30.5. The van der Waals surface area contributed by atoms with Crippen LogP contribution in [0.25, 0.3) is 0 Å². The lowest BCUT2D eigenvalue weighted by Gasteiger charge is -2.31. The second-order valence-corrected chi connectivity index (χ2v) is 4.59. The number of alkyl halides is 5. The maximum absolute atomic E-state index is 12.8. The van der Waals surface area contributed by atoms with Gasteiger partial charge in [-0.1, -0.05) is 23.2 Å². The van der Waals surface area contributed by atoms with E-state index in [0.717, 1.165) is 12.2 Å². The SMILES string of the molecule is CC(C)OC1=NC(Cl)C=CC1(Cl)C(F)(F)F. The average Bonchev–Trinajstić information content (AvgIpc) is 2.08. The number of halogens is 5. The zero-order valence-electron chi connectivity index (χ0n) is 8.55. The van der Waals surface area contributed by atoms with Crippen molar-refractivity contribution < 1.29 is 17.9 Å². The van der Waals surface area contributed by atoms with Gasteiger partial charge in [-0.2, -0.15) is 13.2 Å². The first-order valence-electron chi connectivity index (χ1n) is 4.51. The van der Waals surface area contributed by atoms with Gasteiger partial charge >= 0.3 is 6.18 Å². The number of aliphatic imine (C=N–C) groups is 1. The Balaban J connectivity index is 3.08. The van der Waals surface area contributed by atoms with Crippen molar-refractivity contribution >= 4 is 29.1 Å². The molecule has 0 bridgehead atoms. The molecule has 2 unspecified atom stereocenters. The van der Waals surface area contributed by atoms with Crippen LogP contribution in [0.4, 0.5) is 13.2 Å². The fourth-order valence-electron chi connectivity index (χ4n) is 1.09. The fraction of sp³-hybridized carbons (Fsp3) is 0.667. The van der Waals surface area contributed by atoms with Crippen LogP contribution in [-0.4, -0.2) is 28.6 Å². The number of nitrogens with zero attached hydrogens (tertiary/aromatic N) is 1. The molecule has 1 aliphatic rings. The van der Waals surface area contributed by atoms with E-state index in [1.165, 1.54) is 0 Å². The Morgan fingerprint density at radius 2 is 2.06 bits per heavy atom. The van der Waals surface area contributed by atoms with Crippen molar-refractivity contribution in [3.8, 4) is 0 Å². The third-order valence-electron chi connectivity index (χ3n) is 1.80. The Labute approximate surface area is 101 Å². The number of ether oxygens (including phenoxy) is 1. The van der Waals surface area contributed by atoms with Gasteiger partial charge in [0, 0.05) is 0 Å². The molecule has 1 heterocycles. The van der Waals surface area contributed by atoms with Crippen molar-refractivity contribution in [2.24, 2.45) is 4.99 Å². The van der Waals surface area contributed by atoms with Crippen molar-refractivity contribution in [2.45, 2.75) is 36.5 Å². The molecule has 92 valence electrons. The summed E-state index contributed by atoms with van der Waals surface area (Å²) in [6.07, 6.45) is -3.31. The summed E-state index contributed by atoms with van der Waals surface area (Å²) in [5.41, 5.74) is -0.886. The Bertz CT molecular complexity index is 327. The highest BCUT2D eigenvalue weighted by atomic mass is 35.5. The summed E-state index contributed by atoms with van der Waals surface area (Å²) in [7, 11) is 0. The van der Waals surface area contributed by atoms with Gasteiger partial charge in [-0.3, -0.25) is 0 Å². The van der Waals surface area contributed by atoms with Gasteiger partial charge in [0.05, 0.1) is 6.10 Å². The quantitative estimate of drug-likeness (QED) is 0.408. The number of rotatable bonds is 1. The highest BCUT2D eigenvalue weighted by Crippen LogP contribution is 2.41. The fourth-order valence-corrected chi connectivity index (χ4v) is 1.41. The Hall–Kier alpha value is -0.420. The van der Waals surface area contributed by atoms with Crippen LogP contribution >= 0.6 is 23.2 Å².